The molecule has 30 heavy (non-hydrogen) atoms. The van der Waals surface area contributed by atoms with Gasteiger partial charge in [-0.2, -0.15) is 0 Å². The van der Waals surface area contributed by atoms with E-state index in [4.69, 9.17) is 9.15 Å². The number of amides is 2. The van der Waals surface area contributed by atoms with Crippen molar-refractivity contribution in [3.05, 3.63) is 72.0 Å². The molecule has 0 aliphatic heterocycles. The lowest BCUT2D eigenvalue weighted by atomic mass is 9.68. The Hall–Kier alpha value is -3.28. The molecule has 6 nitrogen and oxygen atoms in total. The lowest BCUT2D eigenvalue weighted by molar-refractivity contribution is 0.0576. The third kappa shape index (κ3) is 4.03. The van der Waals surface area contributed by atoms with E-state index in [-0.39, 0.29) is 17.4 Å². The van der Waals surface area contributed by atoms with Crippen molar-refractivity contribution in [1.82, 2.24) is 10.6 Å². The van der Waals surface area contributed by atoms with Crippen LogP contribution in [0.15, 0.2) is 65.3 Å². The summed E-state index contributed by atoms with van der Waals surface area (Å²) in [5, 5.41) is 6.56. The summed E-state index contributed by atoms with van der Waals surface area (Å²) in [6, 6.07) is 17.7. The molecule has 0 saturated heterocycles. The maximum absolute atomic E-state index is 13.0. The van der Waals surface area contributed by atoms with Crippen LogP contribution in [0.1, 0.15) is 41.6 Å². The predicted molar refractivity (Wildman–Crippen MR) is 114 cm³/mol. The summed E-state index contributed by atoms with van der Waals surface area (Å²) in [6.07, 6.45) is 4.26. The minimum Gasteiger partial charge on any atom is -0.464 e. The van der Waals surface area contributed by atoms with E-state index < -0.39 is 6.09 Å². The van der Waals surface area contributed by atoms with Gasteiger partial charge in [-0.15, -0.1) is 0 Å². The van der Waals surface area contributed by atoms with Crippen LogP contribution in [0.25, 0.3) is 11.0 Å². The average Bonchev–Trinajstić information content (AvgIpc) is 3.28. The van der Waals surface area contributed by atoms with Crippen LogP contribution in [0.4, 0.5) is 4.79 Å². The fraction of sp³-hybridized carbons (Fsp3) is 0.333. The van der Waals surface area contributed by atoms with Gasteiger partial charge in [-0.05, 0) is 43.4 Å². The molecule has 1 saturated carbocycles. The Morgan fingerprint density at radius 2 is 1.83 bits per heavy atom. The first-order chi connectivity index (χ1) is 14.6. The highest BCUT2D eigenvalue weighted by molar-refractivity contribution is 6.04. The monoisotopic (exact) mass is 406 g/mol. The number of benzene rings is 2. The Labute approximate surface area is 175 Å². The molecule has 0 spiro atoms. The molecule has 1 aliphatic carbocycles. The lowest BCUT2D eigenvalue weighted by Gasteiger charge is -2.40. The van der Waals surface area contributed by atoms with Gasteiger partial charge in [0, 0.05) is 24.4 Å². The second-order valence-electron chi connectivity index (χ2n) is 7.83. The van der Waals surface area contributed by atoms with Crippen molar-refractivity contribution in [2.75, 3.05) is 13.6 Å². The van der Waals surface area contributed by atoms with Crippen molar-refractivity contribution in [2.45, 2.75) is 37.2 Å². The molecule has 0 unspecified atom stereocenters. The van der Waals surface area contributed by atoms with Gasteiger partial charge in [-0.3, -0.25) is 4.79 Å². The van der Waals surface area contributed by atoms with Gasteiger partial charge in [0.25, 0.3) is 5.91 Å². The van der Waals surface area contributed by atoms with E-state index in [0.717, 1.165) is 31.1 Å². The fourth-order valence-electron chi connectivity index (χ4n) is 4.35. The average molecular weight is 406 g/mol. The molecule has 1 heterocycles. The van der Waals surface area contributed by atoms with Crippen LogP contribution in [-0.2, 0) is 10.2 Å². The van der Waals surface area contributed by atoms with Crippen LogP contribution < -0.4 is 10.6 Å². The molecule has 6 heteroatoms. The maximum Gasteiger partial charge on any atom is 0.407 e. The van der Waals surface area contributed by atoms with Gasteiger partial charge in [-0.1, -0.05) is 42.5 Å². The highest BCUT2D eigenvalue weighted by Gasteiger charge is 2.38. The number of hydrogen-bond acceptors (Lipinski definition) is 4. The summed E-state index contributed by atoms with van der Waals surface area (Å²) in [6.45, 7) is 0.514. The Morgan fingerprint density at radius 3 is 2.57 bits per heavy atom. The molecule has 1 fully saturated rings. The zero-order valence-corrected chi connectivity index (χ0v) is 17.0. The van der Waals surface area contributed by atoms with Crippen molar-refractivity contribution < 1.29 is 18.7 Å². The summed E-state index contributed by atoms with van der Waals surface area (Å²) in [5.74, 6) is -0.144. The first-order valence-electron chi connectivity index (χ1n) is 10.3. The summed E-state index contributed by atoms with van der Waals surface area (Å²) in [4.78, 5) is 24.5. The van der Waals surface area contributed by atoms with Gasteiger partial charge in [0.2, 0.25) is 0 Å². The largest absolute Gasteiger partial charge is 0.464 e. The number of nitrogens with one attached hydrogen (secondary N) is 2. The summed E-state index contributed by atoms with van der Waals surface area (Å²) < 4.78 is 11.0. The van der Waals surface area contributed by atoms with E-state index in [1.165, 1.54) is 5.56 Å². The Morgan fingerprint density at radius 1 is 1.07 bits per heavy atom. The van der Waals surface area contributed by atoms with Gasteiger partial charge in [0.1, 0.15) is 11.7 Å². The number of para-hydroxylation sites is 1. The predicted octanol–water partition coefficient (Wildman–Crippen LogP) is 4.40. The molecule has 4 rings (SSSR count). The SMILES string of the molecule is CNC(=O)O[C@H]1CC[C@](CNC(=O)c2cccc3ccoc23)(c2ccccc2)CC1. The molecule has 1 aromatic heterocycles. The summed E-state index contributed by atoms with van der Waals surface area (Å²) in [7, 11) is 1.56. The molecule has 0 atom stereocenters. The minimum atomic E-state index is -0.396. The molecule has 0 bridgehead atoms. The smallest absolute Gasteiger partial charge is 0.407 e. The third-order valence-electron chi connectivity index (χ3n) is 6.06. The van der Waals surface area contributed by atoms with Gasteiger partial charge in [-0.25, -0.2) is 4.79 Å². The van der Waals surface area contributed by atoms with Crippen molar-refractivity contribution in [2.24, 2.45) is 0 Å². The van der Waals surface area contributed by atoms with Crippen molar-refractivity contribution in [3.8, 4) is 0 Å². The van der Waals surface area contributed by atoms with Crippen LogP contribution >= 0.6 is 0 Å². The topological polar surface area (TPSA) is 80.6 Å². The molecule has 0 radical (unpaired) electrons. The molecule has 1 aliphatic rings. The van der Waals surface area contributed by atoms with Crippen LogP contribution in [0.2, 0.25) is 0 Å². The van der Waals surface area contributed by atoms with E-state index in [1.807, 2.05) is 36.4 Å². The van der Waals surface area contributed by atoms with Crippen LogP contribution in [-0.4, -0.2) is 31.7 Å². The van der Waals surface area contributed by atoms with E-state index in [1.54, 1.807) is 19.4 Å². The number of carbonyl (C=O) groups is 2. The first-order valence-corrected chi connectivity index (χ1v) is 10.3. The Kier molecular flexibility index (Phi) is 5.74. The molecular weight excluding hydrogens is 380 g/mol. The lowest BCUT2D eigenvalue weighted by Crippen LogP contribution is -2.45. The fourth-order valence-corrected chi connectivity index (χ4v) is 4.35. The molecular formula is C24H26N2O4. The number of furan rings is 1. The van der Waals surface area contributed by atoms with Crippen LogP contribution in [0.3, 0.4) is 0 Å². The maximum atomic E-state index is 13.0. The molecule has 2 N–H and O–H groups in total. The van der Waals surface area contributed by atoms with Crippen molar-refractivity contribution >= 4 is 23.0 Å². The number of fused-ring (bicyclic) bond motifs is 1. The number of alkyl carbamates (subject to hydrolysis) is 1. The number of hydrogen-bond donors (Lipinski definition) is 2. The van der Waals surface area contributed by atoms with Gasteiger partial charge < -0.3 is 19.8 Å². The summed E-state index contributed by atoms with van der Waals surface area (Å²) in [5.41, 5.74) is 2.14. The second kappa shape index (κ2) is 8.61. The number of ether oxygens (including phenoxy) is 1. The van der Waals surface area contributed by atoms with Crippen LogP contribution in [0, 0.1) is 0 Å². The quantitative estimate of drug-likeness (QED) is 0.658. The minimum absolute atomic E-state index is 0.102. The Balaban J connectivity index is 1.51. The Bertz CT molecular complexity index is 1020. The molecule has 156 valence electrons. The normalized spacial score (nSPS) is 21.2. The van der Waals surface area contributed by atoms with E-state index in [9.17, 15) is 9.59 Å². The standard InChI is InChI=1S/C24H26N2O4/c1-25-23(28)30-19-10-13-24(14-11-19,18-7-3-2-4-8-18)16-26-22(27)20-9-5-6-17-12-15-29-21(17)20/h2-9,12,15,19H,10-11,13-14,16H2,1H3,(H,25,28)(H,26,27)/t19-,24-. The van der Waals surface area contributed by atoms with E-state index in [0.29, 0.717) is 17.7 Å². The van der Waals surface area contributed by atoms with E-state index >= 15 is 0 Å². The van der Waals surface area contributed by atoms with Crippen molar-refractivity contribution in [1.29, 1.82) is 0 Å². The third-order valence-corrected chi connectivity index (χ3v) is 6.06. The zero-order valence-electron chi connectivity index (χ0n) is 17.0. The van der Waals surface area contributed by atoms with Crippen molar-refractivity contribution in [3.63, 3.8) is 0 Å². The number of rotatable bonds is 5. The first kappa shape index (κ1) is 20.0. The summed E-state index contributed by atoms with van der Waals surface area (Å²) >= 11 is 0. The molecule has 3 aromatic rings. The van der Waals surface area contributed by atoms with E-state index in [2.05, 4.69) is 22.8 Å². The van der Waals surface area contributed by atoms with Gasteiger partial charge in [0.05, 0.1) is 11.8 Å². The highest BCUT2D eigenvalue weighted by atomic mass is 16.6. The number of carbonyl (C=O) groups excluding carboxylic acids is 2. The van der Waals surface area contributed by atoms with Gasteiger partial charge in [0.15, 0.2) is 0 Å². The highest BCUT2D eigenvalue weighted by Crippen LogP contribution is 2.40. The zero-order chi connectivity index (χ0) is 21.0. The molecule has 2 aromatic carbocycles. The second-order valence-corrected chi connectivity index (χ2v) is 7.83. The van der Waals surface area contributed by atoms with Crippen LogP contribution in [0.5, 0.6) is 0 Å². The molecule has 2 amide bonds. The van der Waals surface area contributed by atoms with Gasteiger partial charge >= 0.3 is 6.09 Å².